The van der Waals surface area contributed by atoms with Crippen LogP contribution in [0.4, 0.5) is 0 Å². The van der Waals surface area contributed by atoms with Crippen LogP contribution in [-0.4, -0.2) is 26.6 Å². The van der Waals surface area contributed by atoms with Crippen molar-refractivity contribution in [3.05, 3.63) is 28.3 Å². The average molecular weight is 288 g/mol. The number of allylic oxidation sites excluding steroid dienone is 1. The lowest BCUT2D eigenvalue weighted by molar-refractivity contribution is 0.138. The highest BCUT2D eigenvalue weighted by Gasteiger charge is 2.54. The van der Waals surface area contributed by atoms with Crippen LogP contribution in [0.25, 0.3) is 16.6 Å². The van der Waals surface area contributed by atoms with Crippen molar-refractivity contribution in [3.8, 4) is 0 Å². The molecule has 1 unspecified atom stereocenters. The molecule has 0 radical (unpaired) electrons. The summed E-state index contributed by atoms with van der Waals surface area (Å²) in [6.45, 7) is 0. The molecule has 5 heteroatoms. The van der Waals surface area contributed by atoms with Crippen LogP contribution in [0, 0.1) is 11.3 Å². The van der Waals surface area contributed by atoms with Crippen molar-refractivity contribution in [2.24, 2.45) is 11.3 Å². The first-order chi connectivity index (χ1) is 9.70. The number of benzene rings is 1. The van der Waals surface area contributed by atoms with Gasteiger partial charge in [-0.25, -0.2) is 0 Å². The maximum Gasteiger partial charge on any atom is 0.116 e. The molecule has 5 rings (SSSR count). The number of fused-ring (bicyclic) bond motifs is 5. The van der Waals surface area contributed by atoms with Gasteiger partial charge in [-0.1, -0.05) is 17.7 Å². The van der Waals surface area contributed by atoms with E-state index in [-0.39, 0.29) is 5.41 Å². The second-order valence-electron chi connectivity index (χ2n) is 6.41. The van der Waals surface area contributed by atoms with Crippen molar-refractivity contribution >= 4 is 28.2 Å². The lowest BCUT2D eigenvalue weighted by atomic mass is 9.74. The normalized spacial score (nSPS) is 34.7. The SMILES string of the molecule is O[C@H]1C(Cl)=C2c3ccc4n[nH]nc4c3CC23CC[C@@H]1C3. The Bertz CT molecular complexity index is 781. The molecule has 1 aromatic heterocycles. The minimum absolute atomic E-state index is 0.135. The summed E-state index contributed by atoms with van der Waals surface area (Å²) in [5.74, 6) is 0.327. The van der Waals surface area contributed by atoms with Crippen molar-refractivity contribution in [1.29, 1.82) is 0 Å². The molecule has 0 amide bonds. The third-order valence-corrected chi connectivity index (χ3v) is 5.91. The Morgan fingerprint density at radius 2 is 2.25 bits per heavy atom. The fraction of sp³-hybridized carbons (Fsp3) is 0.467. The number of rotatable bonds is 0. The lowest BCUT2D eigenvalue weighted by Crippen LogP contribution is -2.29. The van der Waals surface area contributed by atoms with Crippen LogP contribution in [0.1, 0.15) is 30.4 Å². The van der Waals surface area contributed by atoms with Crippen LogP contribution < -0.4 is 0 Å². The van der Waals surface area contributed by atoms with Gasteiger partial charge in [0.25, 0.3) is 0 Å². The molecule has 1 aromatic carbocycles. The summed E-state index contributed by atoms with van der Waals surface area (Å²) in [5.41, 5.74) is 5.61. The van der Waals surface area contributed by atoms with Crippen LogP contribution in [0.3, 0.4) is 0 Å². The molecule has 0 saturated heterocycles. The summed E-state index contributed by atoms with van der Waals surface area (Å²) in [7, 11) is 0. The van der Waals surface area contributed by atoms with Crippen LogP contribution >= 0.6 is 11.6 Å². The maximum absolute atomic E-state index is 10.4. The molecular formula is C15H14ClN3O. The molecule has 2 aromatic rings. The van der Waals surface area contributed by atoms with Gasteiger partial charge in [0.05, 0.1) is 11.1 Å². The Kier molecular flexibility index (Phi) is 1.94. The zero-order chi connectivity index (χ0) is 13.5. The predicted molar refractivity (Wildman–Crippen MR) is 76.1 cm³/mol. The minimum Gasteiger partial charge on any atom is -0.387 e. The topological polar surface area (TPSA) is 61.8 Å². The highest BCUT2D eigenvalue weighted by molar-refractivity contribution is 6.34. The number of nitrogens with one attached hydrogen (secondary N) is 1. The van der Waals surface area contributed by atoms with Gasteiger partial charge in [0, 0.05) is 5.41 Å². The van der Waals surface area contributed by atoms with Crippen molar-refractivity contribution in [1.82, 2.24) is 15.4 Å². The molecule has 1 saturated carbocycles. The number of H-pyrrole nitrogens is 1. The van der Waals surface area contributed by atoms with E-state index >= 15 is 0 Å². The first kappa shape index (κ1) is 11.3. The van der Waals surface area contributed by atoms with Crippen molar-refractivity contribution in [2.75, 3.05) is 0 Å². The molecule has 2 N–H and O–H groups in total. The smallest absolute Gasteiger partial charge is 0.116 e. The number of hydrogen-bond acceptors (Lipinski definition) is 3. The van der Waals surface area contributed by atoms with Gasteiger partial charge < -0.3 is 5.11 Å². The van der Waals surface area contributed by atoms with E-state index < -0.39 is 6.10 Å². The van der Waals surface area contributed by atoms with Gasteiger partial charge in [-0.3, -0.25) is 0 Å². The van der Waals surface area contributed by atoms with E-state index in [0.717, 1.165) is 36.7 Å². The number of nitrogens with zero attached hydrogens (tertiary/aromatic N) is 2. The van der Waals surface area contributed by atoms with E-state index in [1.165, 1.54) is 16.7 Å². The monoisotopic (exact) mass is 287 g/mol. The highest BCUT2D eigenvalue weighted by Crippen LogP contribution is 2.64. The second kappa shape index (κ2) is 3.43. The molecule has 3 atom stereocenters. The van der Waals surface area contributed by atoms with Crippen LogP contribution in [0.5, 0.6) is 0 Å². The molecule has 0 aliphatic heterocycles. The number of aromatic amines is 1. The Morgan fingerprint density at radius 3 is 3.15 bits per heavy atom. The van der Waals surface area contributed by atoms with Gasteiger partial charge in [0.1, 0.15) is 11.0 Å². The van der Waals surface area contributed by atoms with E-state index in [4.69, 9.17) is 11.6 Å². The van der Waals surface area contributed by atoms with Gasteiger partial charge in [0.15, 0.2) is 0 Å². The zero-order valence-electron chi connectivity index (χ0n) is 10.9. The van der Waals surface area contributed by atoms with Gasteiger partial charge in [-0.05, 0) is 54.4 Å². The van der Waals surface area contributed by atoms with E-state index in [2.05, 4.69) is 21.5 Å². The third kappa shape index (κ3) is 1.14. The largest absolute Gasteiger partial charge is 0.387 e. The molecule has 1 spiro atoms. The Hall–Kier alpha value is -1.39. The molecule has 2 bridgehead atoms. The van der Waals surface area contributed by atoms with Crippen molar-refractivity contribution in [2.45, 2.75) is 31.8 Å². The van der Waals surface area contributed by atoms with Gasteiger partial charge in [-0.15, -0.1) is 0 Å². The van der Waals surface area contributed by atoms with E-state index in [1.54, 1.807) is 0 Å². The van der Waals surface area contributed by atoms with Gasteiger partial charge in [0.2, 0.25) is 0 Å². The molecular weight excluding hydrogens is 274 g/mol. The lowest BCUT2D eigenvalue weighted by Gasteiger charge is -2.33. The summed E-state index contributed by atoms with van der Waals surface area (Å²) in [4.78, 5) is 0. The van der Waals surface area contributed by atoms with E-state index in [9.17, 15) is 5.11 Å². The van der Waals surface area contributed by atoms with Gasteiger partial charge >= 0.3 is 0 Å². The zero-order valence-corrected chi connectivity index (χ0v) is 11.6. The van der Waals surface area contributed by atoms with E-state index in [1.807, 2.05) is 6.07 Å². The molecule has 3 aliphatic rings. The first-order valence-corrected chi connectivity index (χ1v) is 7.48. The summed E-state index contributed by atoms with van der Waals surface area (Å²) in [5, 5.41) is 22.2. The number of hydrogen-bond donors (Lipinski definition) is 2. The molecule has 4 nitrogen and oxygen atoms in total. The van der Waals surface area contributed by atoms with Gasteiger partial charge in [-0.2, -0.15) is 15.4 Å². The molecule has 3 aliphatic carbocycles. The molecule has 20 heavy (non-hydrogen) atoms. The Morgan fingerprint density at radius 1 is 1.35 bits per heavy atom. The highest BCUT2D eigenvalue weighted by atomic mass is 35.5. The summed E-state index contributed by atoms with van der Waals surface area (Å²) in [6, 6.07) is 4.08. The Labute approximate surface area is 120 Å². The Balaban J connectivity index is 1.86. The number of aromatic nitrogens is 3. The molecule has 1 heterocycles. The average Bonchev–Trinajstić information content (AvgIpc) is 3.11. The van der Waals surface area contributed by atoms with Crippen LogP contribution in [0.15, 0.2) is 17.2 Å². The standard InChI is InChI=1S/C15H14ClN3O/c16-12-11-8-1-2-10-13(18-19-17-10)9(8)6-15(11)4-3-7(5-15)14(12)20/h1-2,7,14,20H,3-6H2,(H,17,18,19)/t7-,14-,15?/m1/s1. The summed E-state index contributed by atoms with van der Waals surface area (Å²) >= 11 is 6.53. The third-order valence-electron chi connectivity index (χ3n) is 5.50. The summed E-state index contributed by atoms with van der Waals surface area (Å²) in [6.07, 6.45) is 3.74. The first-order valence-electron chi connectivity index (χ1n) is 7.11. The minimum atomic E-state index is -0.485. The van der Waals surface area contributed by atoms with Crippen molar-refractivity contribution < 1.29 is 5.11 Å². The number of halogens is 1. The quantitative estimate of drug-likeness (QED) is 0.783. The number of aliphatic hydroxyl groups is 1. The fourth-order valence-electron chi connectivity index (χ4n) is 4.66. The number of aliphatic hydroxyl groups excluding tert-OH is 1. The fourth-order valence-corrected chi connectivity index (χ4v) is 5.14. The van der Waals surface area contributed by atoms with E-state index in [0.29, 0.717) is 11.0 Å². The molecule has 1 fully saturated rings. The summed E-state index contributed by atoms with van der Waals surface area (Å²) < 4.78 is 0. The van der Waals surface area contributed by atoms with Crippen LogP contribution in [0.2, 0.25) is 0 Å². The predicted octanol–water partition coefficient (Wildman–Crippen LogP) is 2.62. The maximum atomic E-state index is 10.4. The van der Waals surface area contributed by atoms with Crippen LogP contribution in [-0.2, 0) is 6.42 Å². The molecule has 102 valence electrons. The van der Waals surface area contributed by atoms with Crippen molar-refractivity contribution in [3.63, 3.8) is 0 Å². The second-order valence-corrected chi connectivity index (χ2v) is 6.82.